The van der Waals surface area contributed by atoms with Crippen molar-refractivity contribution in [3.8, 4) is 11.5 Å². The molecule has 176 valence electrons. The Morgan fingerprint density at radius 3 is 1.52 bits per heavy atom. The highest BCUT2D eigenvalue weighted by molar-refractivity contribution is 7.99. The van der Waals surface area contributed by atoms with Crippen LogP contribution in [0.4, 0.5) is 0 Å². The largest absolute Gasteiger partial charge is 0.497 e. The number of carbonyl (C=O) groups excluding carboxylic acids is 2. The second-order valence-corrected chi connectivity index (χ2v) is 8.18. The van der Waals surface area contributed by atoms with Crippen molar-refractivity contribution in [1.82, 2.24) is 10.9 Å². The van der Waals surface area contributed by atoms with Crippen molar-refractivity contribution in [2.24, 2.45) is 10.2 Å². The number of benzene rings is 2. The van der Waals surface area contributed by atoms with Crippen molar-refractivity contribution in [3.63, 3.8) is 0 Å². The minimum Gasteiger partial charge on any atom is -0.497 e. The molecule has 0 saturated heterocycles. The quantitative estimate of drug-likeness (QED) is 0.250. The van der Waals surface area contributed by atoms with Gasteiger partial charge in [0, 0.05) is 12.8 Å². The molecule has 0 heterocycles. The number of hydrazone groups is 2. The van der Waals surface area contributed by atoms with Crippen LogP contribution in [-0.2, 0) is 9.59 Å². The topological polar surface area (TPSA) is 101 Å². The number of ether oxygens (including phenoxy) is 2. The lowest BCUT2D eigenvalue weighted by Crippen LogP contribution is -2.17. The van der Waals surface area contributed by atoms with E-state index in [1.54, 1.807) is 38.4 Å². The van der Waals surface area contributed by atoms with E-state index >= 15 is 0 Å². The Morgan fingerprint density at radius 1 is 0.758 bits per heavy atom. The second kappa shape index (κ2) is 15.5. The molecule has 0 bridgehead atoms. The maximum Gasteiger partial charge on any atom is 0.240 e. The molecule has 33 heavy (non-hydrogen) atoms. The summed E-state index contributed by atoms with van der Waals surface area (Å²) in [4.78, 5) is 23.6. The predicted molar refractivity (Wildman–Crippen MR) is 133 cm³/mol. The first-order valence-electron chi connectivity index (χ1n) is 10.6. The average Bonchev–Trinajstić information content (AvgIpc) is 2.84. The Balaban J connectivity index is 1.47. The highest BCUT2D eigenvalue weighted by Crippen LogP contribution is 2.11. The fraction of sp³-hybridized carbons (Fsp3) is 0.333. The standard InChI is InChI=1S/C24H30N4O4S/c1-31-21-11-7-19(8-12-21)17-25-27-23(29)5-3-15-33-16-4-6-24(30)28-26-18-20-9-13-22(32-2)14-10-20/h7-14,17-18H,3-6,15-16H2,1-2H3,(H,27,29)(H,28,30)/b25-17+,26-18+. The molecule has 9 heteroatoms. The minimum atomic E-state index is -0.116. The summed E-state index contributed by atoms with van der Waals surface area (Å²) in [6.45, 7) is 0. The molecule has 2 rings (SSSR count). The number of rotatable bonds is 14. The molecule has 0 aliphatic carbocycles. The van der Waals surface area contributed by atoms with Gasteiger partial charge in [0.1, 0.15) is 11.5 Å². The van der Waals surface area contributed by atoms with Gasteiger partial charge in [0.25, 0.3) is 0 Å². The van der Waals surface area contributed by atoms with E-state index in [0.717, 1.165) is 47.0 Å². The van der Waals surface area contributed by atoms with Crippen molar-refractivity contribution < 1.29 is 19.1 Å². The Hall–Kier alpha value is -3.33. The van der Waals surface area contributed by atoms with E-state index in [4.69, 9.17) is 9.47 Å². The van der Waals surface area contributed by atoms with Crippen LogP contribution in [0.3, 0.4) is 0 Å². The molecule has 0 aliphatic heterocycles. The van der Waals surface area contributed by atoms with Gasteiger partial charge < -0.3 is 9.47 Å². The summed E-state index contributed by atoms with van der Waals surface area (Å²) >= 11 is 1.73. The first-order chi connectivity index (χ1) is 16.1. The zero-order valence-electron chi connectivity index (χ0n) is 19.0. The molecule has 0 fully saturated rings. The molecule has 2 aromatic rings. The Kier molecular flexibility index (Phi) is 12.2. The van der Waals surface area contributed by atoms with Crippen molar-refractivity contribution in [2.45, 2.75) is 25.7 Å². The van der Waals surface area contributed by atoms with Gasteiger partial charge in [0.15, 0.2) is 0 Å². The molecule has 0 spiro atoms. The molecular formula is C24H30N4O4S. The lowest BCUT2D eigenvalue weighted by atomic mass is 10.2. The van der Waals surface area contributed by atoms with Gasteiger partial charge in [0.2, 0.25) is 11.8 Å². The maximum atomic E-state index is 11.8. The molecule has 2 N–H and O–H groups in total. The fourth-order valence-electron chi connectivity index (χ4n) is 2.62. The minimum absolute atomic E-state index is 0.116. The van der Waals surface area contributed by atoms with Crippen LogP contribution in [0.5, 0.6) is 11.5 Å². The van der Waals surface area contributed by atoms with Crippen molar-refractivity contribution >= 4 is 36.0 Å². The monoisotopic (exact) mass is 470 g/mol. The van der Waals surface area contributed by atoms with Gasteiger partial charge in [-0.25, -0.2) is 10.9 Å². The molecule has 2 aromatic carbocycles. The first kappa shape index (κ1) is 25.9. The average molecular weight is 471 g/mol. The summed E-state index contributed by atoms with van der Waals surface area (Å²) in [6.07, 6.45) is 5.53. The Morgan fingerprint density at radius 2 is 1.15 bits per heavy atom. The van der Waals surface area contributed by atoms with Gasteiger partial charge in [-0.15, -0.1) is 0 Å². The van der Waals surface area contributed by atoms with E-state index in [1.807, 2.05) is 48.5 Å². The molecule has 8 nitrogen and oxygen atoms in total. The summed E-state index contributed by atoms with van der Waals surface area (Å²) < 4.78 is 10.2. The number of amides is 2. The third-order valence-electron chi connectivity index (χ3n) is 4.42. The highest BCUT2D eigenvalue weighted by atomic mass is 32.2. The highest BCUT2D eigenvalue weighted by Gasteiger charge is 2.02. The normalized spacial score (nSPS) is 11.0. The number of carbonyl (C=O) groups is 2. The number of hydrogen-bond acceptors (Lipinski definition) is 7. The van der Waals surface area contributed by atoms with E-state index in [2.05, 4.69) is 21.1 Å². The SMILES string of the molecule is COc1ccc(/C=N/NC(=O)CCCSCCCC(=O)N/N=C/c2ccc(OC)cc2)cc1. The van der Waals surface area contributed by atoms with Crippen LogP contribution in [0.15, 0.2) is 58.7 Å². The van der Waals surface area contributed by atoms with Gasteiger partial charge >= 0.3 is 0 Å². The van der Waals surface area contributed by atoms with Crippen LogP contribution in [0, 0.1) is 0 Å². The summed E-state index contributed by atoms with van der Waals surface area (Å²) in [5, 5.41) is 7.93. The zero-order valence-corrected chi connectivity index (χ0v) is 19.8. The fourth-order valence-corrected chi connectivity index (χ4v) is 3.52. The van der Waals surface area contributed by atoms with E-state index in [1.165, 1.54) is 0 Å². The van der Waals surface area contributed by atoms with Gasteiger partial charge in [0.05, 0.1) is 26.6 Å². The van der Waals surface area contributed by atoms with Crippen LogP contribution >= 0.6 is 11.8 Å². The van der Waals surface area contributed by atoms with Gasteiger partial charge in [-0.2, -0.15) is 22.0 Å². The van der Waals surface area contributed by atoms with E-state index < -0.39 is 0 Å². The molecule has 0 unspecified atom stereocenters. The van der Waals surface area contributed by atoms with E-state index in [9.17, 15) is 9.59 Å². The van der Waals surface area contributed by atoms with E-state index in [-0.39, 0.29) is 11.8 Å². The lowest BCUT2D eigenvalue weighted by Gasteiger charge is -2.02. The summed E-state index contributed by atoms with van der Waals surface area (Å²) in [7, 11) is 3.22. The van der Waals surface area contributed by atoms with Crippen LogP contribution in [0.2, 0.25) is 0 Å². The van der Waals surface area contributed by atoms with Crippen molar-refractivity contribution in [2.75, 3.05) is 25.7 Å². The number of nitrogens with one attached hydrogen (secondary N) is 2. The smallest absolute Gasteiger partial charge is 0.240 e. The van der Waals surface area contributed by atoms with Gasteiger partial charge in [-0.05, 0) is 84.0 Å². The maximum absolute atomic E-state index is 11.8. The van der Waals surface area contributed by atoms with Gasteiger partial charge in [-0.3, -0.25) is 9.59 Å². The Labute approximate surface area is 198 Å². The number of thioether (sulfide) groups is 1. The molecule has 0 radical (unpaired) electrons. The van der Waals surface area contributed by atoms with Crippen molar-refractivity contribution in [1.29, 1.82) is 0 Å². The summed E-state index contributed by atoms with van der Waals surface area (Å²) in [5.74, 6) is 3.02. The molecule has 0 saturated carbocycles. The summed E-state index contributed by atoms with van der Waals surface area (Å²) in [6, 6.07) is 14.8. The summed E-state index contributed by atoms with van der Waals surface area (Å²) in [5.41, 5.74) is 6.82. The molecule has 2 amide bonds. The van der Waals surface area contributed by atoms with Crippen LogP contribution in [-0.4, -0.2) is 50.0 Å². The van der Waals surface area contributed by atoms with Crippen LogP contribution in [0.25, 0.3) is 0 Å². The number of hydrogen-bond donors (Lipinski definition) is 2. The lowest BCUT2D eigenvalue weighted by molar-refractivity contribution is -0.121. The first-order valence-corrected chi connectivity index (χ1v) is 11.8. The predicted octanol–water partition coefficient (Wildman–Crippen LogP) is 3.60. The zero-order chi connectivity index (χ0) is 23.7. The second-order valence-electron chi connectivity index (χ2n) is 6.95. The van der Waals surface area contributed by atoms with Crippen molar-refractivity contribution in [3.05, 3.63) is 59.7 Å². The number of nitrogens with zero attached hydrogens (tertiary/aromatic N) is 2. The third-order valence-corrected chi connectivity index (χ3v) is 5.58. The van der Waals surface area contributed by atoms with Gasteiger partial charge in [-0.1, -0.05) is 0 Å². The van der Waals surface area contributed by atoms with E-state index in [0.29, 0.717) is 12.8 Å². The molecule has 0 aromatic heterocycles. The van der Waals surface area contributed by atoms with Crippen LogP contribution < -0.4 is 20.3 Å². The number of methoxy groups -OCH3 is 2. The molecule has 0 aliphatic rings. The van der Waals surface area contributed by atoms with Crippen LogP contribution in [0.1, 0.15) is 36.8 Å². The molecular weight excluding hydrogens is 440 g/mol. The Bertz CT molecular complexity index is 840. The third kappa shape index (κ3) is 11.2. The molecule has 0 atom stereocenters.